The maximum atomic E-state index is 11.8. The lowest BCUT2D eigenvalue weighted by Gasteiger charge is -2.19. The highest BCUT2D eigenvalue weighted by atomic mass is 16.5. The molecule has 0 spiro atoms. The average molecular weight is 249 g/mol. The molecule has 0 aliphatic carbocycles. The molecule has 0 fully saturated rings. The number of amides is 1. The van der Waals surface area contributed by atoms with E-state index in [0.29, 0.717) is 24.4 Å². The van der Waals surface area contributed by atoms with Gasteiger partial charge in [0.15, 0.2) is 6.61 Å². The van der Waals surface area contributed by atoms with Crippen molar-refractivity contribution >= 4 is 11.7 Å². The first-order valence-electron chi connectivity index (χ1n) is 5.94. The third-order valence-electron chi connectivity index (χ3n) is 2.64. The van der Waals surface area contributed by atoms with Crippen molar-refractivity contribution in [3.8, 4) is 5.75 Å². The van der Waals surface area contributed by atoms with E-state index in [1.165, 1.54) is 0 Å². The van der Waals surface area contributed by atoms with Gasteiger partial charge in [0.2, 0.25) is 0 Å². The first kappa shape index (κ1) is 14.0. The number of para-hydroxylation sites is 1. The lowest BCUT2D eigenvalue weighted by molar-refractivity contribution is -0.132. The van der Waals surface area contributed by atoms with Crippen LogP contribution in [0, 0.1) is 5.41 Å². The van der Waals surface area contributed by atoms with E-state index in [0.717, 1.165) is 0 Å². The van der Waals surface area contributed by atoms with Crippen LogP contribution in [0.3, 0.4) is 0 Å². The Balaban J connectivity index is 2.69. The number of nitrogens with zero attached hydrogens (tertiary/aromatic N) is 1. The molecular formula is C13H19N3O2. The van der Waals surface area contributed by atoms with Gasteiger partial charge in [-0.3, -0.25) is 10.2 Å². The van der Waals surface area contributed by atoms with E-state index < -0.39 is 0 Å². The summed E-state index contributed by atoms with van der Waals surface area (Å²) in [6.07, 6.45) is 0. The second-order valence-electron chi connectivity index (χ2n) is 3.76. The highest BCUT2D eigenvalue weighted by Crippen LogP contribution is 2.17. The van der Waals surface area contributed by atoms with Crippen LogP contribution < -0.4 is 10.5 Å². The van der Waals surface area contributed by atoms with Crippen molar-refractivity contribution in [3.63, 3.8) is 0 Å². The summed E-state index contributed by atoms with van der Waals surface area (Å²) in [6.45, 7) is 5.13. The molecule has 1 aromatic rings. The second kappa shape index (κ2) is 6.64. The Morgan fingerprint density at radius 1 is 1.33 bits per heavy atom. The van der Waals surface area contributed by atoms with Crippen LogP contribution in [-0.4, -0.2) is 36.3 Å². The fourth-order valence-electron chi connectivity index (χ4n) is 1.62. The van der Waals surface area contributed by atoms with E-state index in [4.69, 9.17) is 15.9 Å². The summed E-state index contributed by atoms with van der Waals surface area (Å²) in [7, 11) is 0. The number of ether oxygens (including phenoxy) is 1. The molecule has 0 saturated carbocycles. The Labute approximate surface area is 107 Å². The Morgan fingerprint density at radius 3 is 2.50 bits per heavy atom. The lowest BCUT2D eigenvalue weighted by atomic mass is 10.2. The van der Waals surface area contributed by atoms with Crippen molar-refractivity contribution < 1.29 is 9.53 Å². The number of rotatable bonds is 6. The fourth-order valence-corrected chi connectivity index (χ4v) is 1.62. The minimum atomic E-state index is -0.0710. The van der Waals surface area contributed by atoms with Crippen LogP contribution in [0.15, 0.2) is 24.3 Å². The molecule has 0 unspecified atom stereocenters. The molecule has 18 heavy (non-hydrogen) atoms. The van der Waals surface area contributed by atoms with Gasteiger partial charge >= 0.3 is 0 Å². The second-order valence-corrected chi connectivity index (χ2v) is 3.76. The summed E-state index contributed by atoms with van der Waals surface area (Å²) < 4.78 is 5.43. The van der Waals surface area contributed by atoms with Crippen molar-refractivity contribution in [1.82, 2.24) is 4.90 Å². The number of nitrogen functional groups attached to an aromatic ring is 1. The van der Waals surface area contributed by atoms with Crippen molar-refractivity contribution in [2.24, 2.45) is 5.73 Å². The van der Waals surface area contributed by atoms with Gasteiger partial charge in [0.1, 0.15) is 11.6 Å². The molecule has 0 heterocycles. The molecule has 1 rings (SSSR count). The van der Waals surface area contributed by atoms with Gasteiger partial charge in [0.05, 0.1) is 5.56 Å². The van der Waals surface area contributed by atoms with Gasteiger partial charge in [-0.15, -0.1) is 0 Å². The van der Waals surface area contributed by atoms with E-state index in [2.05, 4.69) is 0 Å². The summed E-state index contributed by atoms with van der Waals surface area (Å²) in [6, 6.07) is 6.95. The third kappa shape index (κ3) is 3.48. The van der Waals surface area contributed by atoms with Crippen LogP contribution >= 0.6 is 0 Å². The van der Waals surface area contributed by atoms with Crippen molar-refractivity contribution in [1.29, 1.82) is 5.41 Å². The normalized spacial score (nSPS) is 9.89. The Bertz CT molecular complexity index is 428. The molecule has 0 radical (unpaired) electrons. The molecule has 0 aliphatic heterocycles. The van der Waals surface area contributed by atoms with Crippen LogP contribution in [0.1, 0.15) is 19.4 Å². The van der Waals surface area contributed by atoms with E-state index in [1.807, 2.05) is 13.8 Å². The standard InChI is InChI=1S/C13H19N3O2/c1-3-16(4-2)12(17)9-18-11-8-6-5-7-10(11)13(14)15/h5-8H,3-4,9H2,1-2H3,(H3,14,15). The molecule has 1 aromatic carbocycles. The monoisotopic (exact) mass is 249 g/mol. The molecule has 0 bridgehead atoms. The number of hydrogen-bond acceptors (Lipinski definition) is 3. The van der Waals surface area contributed by atoms with Gasteiger partial charge in [-0.05, 0) is 26.0 Å². The molecule has 1 amide bonds. The topological polar surface area (TPSA) is 79.4 Å². The number of likely N-dealkylation sites (N-methyl/N-ethyl adjacent to an activating group) is 1. The molecular weight excluding hydrogens is 230 g/mol. The van der Waals surface area contributed by atoms with Gasteiger partial charge in [0.25, 0.3) is 5.91 Å². The third-order valence-corrected chi connectivity index (χ3v) is 2.64. The van der Waals surface area contributed by atoms with E-state index in [9.17, 15) is 4.79 Å². The van der Waals surface area contributed by atoms with Crippen LogP contribution in [-0.2, 0) is 4.79 Å². The average Bonchev–Trinajstić information content (AvgIpc) is 2.38. The highest BCUT2D eigenvalue weighted by molar-refractivity contribution is 5.97. The van der Waals surface area contributed by atoms with Crippen LogP contribution in [0.4, 0.5) is 0 Å². The van der Waals surface area contributed by atoms with E-state index in [-0.39, 0.29) is 18.3 Å². The van der Waals surface area contributed by atoms with Crippen molar-refractivity contribution in [2.75, 3.05) is 19.7 Å². The number of carbonyl (C=O) groups is 1. The van der Waals surface area contributed by atoms with Gasteiger partial charge in [0, 0.05) is 13.1 Å². The minimum Gasteiger partial charge on any atom is -0.483 e. The molecule has 5 heteroatoms. The van der Waals surface area contributed by atoms with E-state index in [1.54, 1.807) is 29.2 Å². The zero-order chi connectivity index (χ0) is 13.5. The maximum Gasteiger partial charge on any atom is 0.260 e. The lowest BCUT2D eigenvalue weighted by Crippen LogP contribution is -2.34. The molecule has 0 aliphatic rings. The zero-order valence-corrected chi connectivity index (χ0v) is 10.8. The van der Waals surface area contributed by atoms with Crippen LogP contribution in [0.25, 0.3) is 0 Å². The van der Waals surface area contributed by atoms with Gasteiger partial charge < -0.3 is 15.4 Å². The van der Waals surface area contributed by atoms with Gasteiger partial charge in [-0.25, -0.2) is 0 Å². The highest BCUT2D eigenvalue weighted by Gasteiger charge is 2.12. The number of hydrogen-bond donors (Lipinski definition) is 2. The predicted molar refractivity (Wildman–Crippen MR) is 70.9 cm³/mol. The minimum absolute atomic E-state index is 0.0357. The quantitative estimate of drug-likeness (QED) is 0.587. The Morgan fingerprint density at radius 2 is 1.94 bits per heavy atom. The molecule has 5 nitrogen and oxygen atoms in total. The number of carbonyl (C=O) groups excluding carboxylic acids is 1. The predicted octanol–water partition coefficient (Wildman–Crippen LogP) is 1.22. The van der Waals surface area contributed by atoms with E-state index >= 15 is 0 Å². The Hall–Kier alpha value is -2.04. The molecule has 0 atom stereocenters. The summed E-state index contributed by atoms with van der Waals surface area (Å²) in [5, 5.41) is 7.42. The molecule has 0 saturated heterocycles. The number of amidine groups is 1. The summed E-state index contributed by atoms with van der Waals surface area (Å²) in [5.41, 5.74) is 5.95. The summed E-state index contributed by atoms with van der Waals surface area (Å²) >= 11 is 0. The first-order valence-corrected chi connectivity index (χ1v) is 5.94. The SMILES string of the molecule is CCN(CC)C(=O)COc1ccccc1C(=N)N. The molecule has 98 valence electrons. The van der Waals surface area contributed by atoms with Crippen LogP contribution in [0.5, 0.6) is 5.75 Å². The van der Waals surface area contributed by atoms with Crippen LogP contribution in [0.2, 0.25) is 0 Å². The smallest absolute Gasteiger partial charge is 0.260 e. The maximum absolute atomic E-state index is 11.8. The molecule has 0 aromatic heterocycles. The summed E-state index contributed by atoms with van der Waals surface area (Å²) in [4.78, 5) is 13.5. The Kier molecular flexibility index (Phi) is 5.17. The van der Waals surface area contributed by atoms with Gasteiger partial charge in [-0.2, -0.15) is 0 Å². The summed E-state index contributed by atoms with van der Waals surface area (Å²) in [5.74, 6) is 0.324. The fraction of sp³-hybridized carbons (Fsp3) is 0.385. The molecule has 3 N–H and O–H groups in total. The number of benzene rings is 1. The zero-order valence-electron chi connectivity index (χ0n) is 10.8. The largest absolute Gasteiger partial charge is 0.483 e. The first-order chi connectivity index (χ1) is 8.60. The number of nitrogens with two attached hydrogens (primary N) is 1. The van der Waals surface area contributed by atoms with Gasteiger partial charge in [-0.1, -0.05) is 12.1 Å². The van der Waals surface area contributed by atoms with Crippen molar-refractivity contribution in [3.05, 3.63) is 29.8 Å². The van der Waals surface area contributed by atoms with Crippen molar-refractivity contribution in [2.45, 2.75) is 13.8 Å². The number of nitrogens with one attached hydrogen (secondary N) is 1.